The molecule has 0 radical (unpaired) electrons. The van der Waals surface area contributed by atoms with E-state index in [9.17, 15) is 13.2 Å². The van der Waals surface area contributed by atoms with Crippen molar-refractivity contribution in [1.82, 2.24) is 9.80 Å². The van der Waals surface area contributed by atoms with Gasteiger partial charge in [0.25, 0.3) is 0 Å². The van der Waals surface area contributed by atoms with Gasteiger partial charge in [-0.3, -0.25) is 4.79 Å². The summed E-state index contributed by atoms with van der Waals surface area (Å²) < 4.78 is 22.2. The van der Waals surface area contributed by atoms with Crippen LogP contribution in [0.5, 0.6) is 0 Å². The lowest BCUT2D eigenvalue weighted by Gasteiger charge is -2.22. The van der Waals surface area contributed by atoms with Gasteiger partial charge in [-0.25, -0.2) is 8.42 Å². The number of likely N-dealkylation sites (tertiary alicyclic amines) is 2. The summed E-state index contributed by atoms with van der Waals surface area (Å²) in [6.45, 7) is 8.98. The van der Waals surface area contributed by atoms with Crippen LogP contribution in [0.4, 0.5) is 0 Å². The second kappa shape index (κ2) is 6.84. The van der Waals surface area contributed by atoms with E-state index in [1.807, 2.05) is 4.90 Å². The van der Waals surface area contributed by atoms with Crippen LogP contribution >= 0.6 is 10.7 Å². The standard InChI is InChI=1S/C14H25ClN2O3S/c1-11(2)6-16-4-3-12(7-16)8-17-9-13(5-14(17)18)10-21(15,19)20/h11-13H,3-10H2,1-2H3. The molecule has 2 atom stereocenters. The lowest BCUT2D eigenvalue weighted by molar-refractivity contribution is -0.128. The molecular weight excluding hydrogens is 312 g/mol. The van der Waals surface area contributed by atoms with Crippen molar-refractivity contribution >= 4 is 25.6 Å². The van der Waals surface area contributed by atoms with Gasteiger partial charge in [0.2, 0.25) is 15.0 Å². The number of hydrogen-bond acceptors (Lipinski definition) is 4. The Morgan fingerprint density at radius 1 is 1.29 bits per heavy atom. The summed E-state index contributed by atoms with van der Waals surface area (Å²) in [6.07, 6.45) is 1.43. The zero-order valence-corrected chi connectivity index (χ0v) is 14.4. The van der Waals surface area contributed by atoms with Crippen LogP contribution in [0, 0.1) is 17.8 Å². The molecule has 0 bridgehead atoms. The fourth-order valence-corrected chi connectivity index (χ4v) is 4.80. The molecule has 2 heterocycles. The van der Waals surface area contributed by atoms with E-state index in [1.165, 1.54) is 0 Å². The number of rotatable bonds is 6. The summed E-state index contributed by atoms with van der Waals surface area (Å²) in [6, 6.07) is 0. The molecule has 0 N–H and O–H groups in total. The number of hydrogen-bond donors (Lipinski definition) is 0. The Bertz CT molecular complexity index is 481. The van der Waals surface area contributed by atoms with Gasteiger partial charge >= 0.3 is 0 Å². The van der Waals surface area contributed by atoms with E-state index in [0.717, 1.165) is 32.6 Å². The van der Waals surface area contributed by atoms with Gasteiger partial charge in [-0.1, -0.05) is 13.8 Å². The van der Waals surface area contributed by atoms with Crippen LogP contribution in [0.1, 0.15) is 26.7 Å². The molecule has 0 aromatic rings. The number of amides is 1. The average Bonchev–Trinajstić information content (AvgIpc) is 2.84. The van der Waals surface area contributed by atoms with Gasteiger partial charge in [-0.15, -0.1) is 0 Å². The lowest BCUT2D eigenvalue weighted by atomic mass is 10.1. The van der Waals surface area contributed by atoms with Crippen molar-refractivity contribution in [3.05, 3.63) is 0 Å². The molecule has 0 aromatic carbocycles. The lowest BCUT2D eigenvalue weighted by Crippen LogP contribution is -2.33. The second-order valence-corrected chi connectivity index (χ2v) is 9.70. The van der Waals surface area contributed by atoms with Gasteiger partial charge in [0.15, 0.2) is 0 Å². The highest BCUT2D eigenvalue weighted by Crippen LogP contribution is 2.25. The van der Waals surface area contributed by atoms with Crippen molar-refractivity contribution in [1.29, 1.82) is 0 Å². The third kappa shape index (κ3) is 5.42. The summed E-state index contributed by atoms with van der Waals surface area (Å²) in [5.41, 5.74) is 0. The van der Waals surface area contributed by atoms with E-state index in [2.05, 4.69) is 18.7 Å². The van der Waals surface area contributed by atoms with Gasteiger partial charge in [-0.05, 0) is 24.8 Å². The molecule has 0 aromatic heterocycles. The summed E-state index contributed by atoms with van der Waals surface area (Å²) in [7, 11) is 1.76. The molecule has 2 fully saturated rings. The van der Waals surface area contributed by atoms with E-state index < -0.39 is 9.05 Å². The first-order valence-corrected chi connectivity index (χ1v) is 10.1. The van der Waals surface area contributed by atoms with Gasteiger partial charge < -0.3 is 9.80 Å². The molecule has 2 aliphatic heterocycles. The number of nitrogens with zero attached hydrogens (tertiary/aromatic N) is 2. The van der Waals surface area contributed by atoms with Crippen molar-refractivity contribution in [3.63, 3.8) is 0 Å². The van der Waals surface area contributed by atoms with E-state index in [1.54, 1.807) is 0 Å². The third-order valence-corrected chi connectivity index (χ3v) is 5.45. The Morgan fingerprint density at radius 3 is 2.62 bits per heavy atom. The van der Waals surface area contributed by atoms with Crippen molar-refractivity contribution < 1.29 is 13.2 Å². The summed E-state index contributed by atoms with van der Waals surface area (Å²) >= 11 is 0. The third-order valence-electron chi connectivity index (χ3n) is 4.20. The van der Waals surface area contributed by atoms with Crippen molar-refractivity contribution in [2.24, 2.45) is 17.8 Å². The minimum Gasteiger partial charge on any atom is -0.342 e. The predicted octanol–water partition coefficient (Wildman–Crippen LogP) is 1.38. The van der Waals surface area contributed by atoms with Crippen LogP contribution in [0.3, 0.4) is 0 Å². The maximum atomic E-state index is 12.0. The highest BCUT2D eigenvalue weighted by molar-refractivity contribution is 8.13. The number of halogens is 1. The zero-order valence-electron chi connectivity index (χ0n) is 12.8. The average molecular weight is 337 g/mol. The van der Waals surface area contributed by atoms with Gasteiger partial charge in [0, 0.05) is 49.2 Å². The first kappa shape index (κ1) is 17.0. The van der Waals surface area contributed by atoms with Gasteiger partial charge in [0.05, 0.1) is 5.75 Å². The molecule has 5 nitrogen and oxygen atoms in total. The van der Waals surface area contributed by atoms with Crippen molar-refractivity contribution in [2.45, 2.75) is 26.7 Å². The van der Waals surface area contributed by atoms with E-state index in [4.69, 9.17) is 10.7 Å². The quantitative estimate of drug-likeness (QED) is 0.688. The first-order valence-electron chi connectivity index (χ1n) is 7.65. The Hall–Kier alpha value is -0.330. The Morgan fingerprint density at radius 2 is 2.00 bits per heavy atom. The summed E-state index contributed by atoms with van der Waals surface area (Å²) in [5, 5.41) is 0. The highest BCUT2D eigenvalue weighted by atomic mass is 35.7. The molecule has 2 saturated heterocycles. The van der Waals surface area contributed by atoms with Crippen LogP contribution in [-0.4, -0.2) is 62.6 Å². The Labute approximate surface area is 132 Å². The normalized spacial score (nSPS) is 28.0. The molecule has 21 heavy (non-hydrogen) atoms. The first-order chi connectivity index (χ1) is 9.73. The Balaban J connectivity index is 1.80. The topological polar surface area (TPSA) is 57.7 Å². The summed E-state index contributed by atoms with van der Waals surface area (Å²) in [4.78, 5) is 16.3. The maximum absolute atomic E-state index is 12.0. The number of carbonyl (C=O) groups excluding carboxylic acids is 1. The molecule has 2 rings (SSSR count). The molecule has 7 heteroatoms. The molecule has 2 aliphatic rings. The van der Waals surface area contributed by atoms with Crippen molar-refractivity contribution in [3.8, 4) is 0 Å². The minimum atomic E-state index is -3.52. The van der Waals surface area contributed by atoms with E-state index >= 15 is 0 Å². The largest absolute Gasteiger partial charge is 0.342 e. The summed E-state index contributed by atoms with van der Waals surface area (Å²) in [5.74, 6) is 1.01. The fraction of sp³-hybridized carbons (Fsp3) is 0.929. The van der Waals surface area contributed by atoms with E-state index in [-0.39, 0.29) is 17.6 Å². The van der Waals surface area contributed by atoms with E-state index in [0.29, 0.717) is 24.8 Å². The van der Waals surface area contributed by atoms with Crippen LogP contribution in [-0.2, 0) is 13.8 Å². The monoisotopic (exact) mass is 336 g/mol. The second-order valence-electron chi connectivity index (χ2n) is 6.88. The molecule has 0 spiro atoms. The van der Waals surface area contributed by atoms with Crippen LogP contribution in [0.25, 0.3) is 0 Å². The molecule has 1 amide bonds. The molecular formula is C14H25ClN2O3S. The minimum absolute atomic E-state index is 0.0719. The van der Waals surface area contributed by atoms with Gasteiger partial charge in [-0.2, -0.15) is 0 Å². The Kier molecular flexibility index (Phi) is 5.54. The van der Waals surface area contributed by atoms with Gasteiger partial charge in [0.1, 0.15) is 0 Å². The molecule has 0 saturated carbocycles. The van der Waals surface area contributed by atoms with Crippen molar-refractivity contribution in [2.75, 3.05) is 38.5 Å². The fourth-order valence-electron chi connectivity index (χ4n) is 3.48. The maximum Gasteiger partial charge on any atom is 0.232 e. The molecule has 2 unspecified atom stereocenters. The predicted molar refractivity (Wildman–Crippen MR) is 83.7 cm³/mol. The van der Waals surface area contributed by atoms with Crippen LogP contribution < -0.4 is 0 Å². The molecule has 122 valence electrons. The SMILES string of the molecule is CC(C)CN1CCC(CN2CC(CS(=O)(=O)Cl)CC2=O)C1. The number of carbonyl (C=O) groups is 1. The zero-order chi connectivity index (χ0) is 15.6. The van der Waals surface area contributed by atoms with Crippen LogP contribution in [0.15, 0.2) is 0 Å². The highest BCUT2D eigenvalue weighted by Gasteiger charge is 2.34. The van der Waals surface area contributed by atoms with Crippen LogP contribution in [0.2, 0.25) is 0 Å². The smallest absolute Gasteiger partial charge is 0.232 e. The molecule has 0 aliphatic carbocycles.